The molecule has 0 saturated carbocycles. The van der Waals surface area contributed by atoms with Crippen molar-refractivity contribution in [1.82, 2.24) is 0 Å². The third-order valence-corrected chi connectivity index (χ3v) is 3.89. The third-order valence-electron chi connectivity index (χ3n) is 3.89. The molecule has 0 amide bonds. The minimum absolute atomic E-state index is 0.0547. The van der Waals surface area contributed by atoms with Crippen LogP contribution in [0.5, 0.6) is 17.2 Å². The van der Waals surface area contributed by atoms with Crippen molar-refractivity contribution in [2.24, 2.45) is 0 Å². The summed E-state index contributed by atoms with van der Waals surface area (Å²) in [6, 6.07) is 10.6. The van der Waals surface area contributed by atoms with Crippen LogP contribution >= 0.6 is 0 Å². The molecular formula is C19H16F3NO3. The van der Waals surface area contributed by atoms with Crippen LogP contribution in [-0.2, 0) is 12.6 Å². The Kier molecular flexibility index (Phi) is 5.21. The highest BCUT2D eigenvalue weighted by Gasteiger charge is 2.34. The maximum Gasteiger partial charge on any atom is 0.420 e. The van der Waals surface area contributed by atoms with Crippen LogP contribution in [0.1, 0.15) is 23.1 Å². The first-order chi connectivity index (χ1) is 12.5. The number of halogens is 3. The average molecular weight is 363 g/mol. The number of nitriles is 1. The summed E-state index contributed by atoms with van der Waals surface area (Å²) >= 11 is 0. The van der Waals surface area contributed by atoms with Crippen molar-refractivity contribution < 1.29 is 27.4 Å². The minimum Gasteiger partial charge on any atom is -0.493 e. The Labute approximate surface area is 148 Å². The lowest BCUT2D eigenvalue weighted by molar-refractivity contribution is -0.139. The Balaban J connectivity index is 1.59. The molecule has 1 heterocycles. The summed E-state index contributed by atoms with van der Waals surface area (Å²) in [5.74, 6) is 1.11. The maximum atomic E-state index is 13.1. The fourth-order valence-electron chi connectivity index (χ4n) is 2.65. The molecule has 7 heteroatoms. The lowest BCUT2D eigenvalue weighted by Crippen LogP contribution is -2.15. The van der Waals surface area contributed by atoms with Crippen molar-refractivity contribution >= 4 is 0 Å². The highest BCUT2D eigenvalue weighted by molar-refractivity contribution is 5.44. The van der Waals surface area contributed by atoms with Gasteiger partial charge in [-0.25, -0.2) is 0 Å². The Bertz CT molecular complexity index is 828. The summed E-state index contributed by atoms with van der Waals surface area (Å²) in [6.45, 7) is 1.15. The van der Waals surface area contributed by atoms with E-state index in [1.807, 2.05) is 18.2 Å². The first-order valence-electron chi connectivity index (χ1n) is 8.10. The Morgan fingerprint density at radius 1 is 1.04 bits per heavy atom. The number of hydrogen-bond acceptors (Lipinski definition) is 4. The highest BCUT2D eigenvalue weighted by atomic mass is 19.4. The second-order valence-corrected chi connectivity index (χ2v) is 5.75. The van der Waals surface area contributed by atoms with Gasteiger partial charge < -0.3 is 14.2 Å². The van der Waals surface area contributed by atoms with Crippen LogP contribution in [0.25, 0.3) is 0 Å². The summed E-state index contributed by atoms with van der Waals surface area (Å²) in [4.78, 5) is 0. The zero-order valence-corrected chi connectivity index (χ0v) is 13.8. The molecule has 26 heavy (non-hydrogen) atoms. The second kappa shape index (κ2) is 7.56. The first kappa shape index (κ1) is 17.9. The van der Waals surface area contributed by atoms with Crippen molar-refractivity contribution in [2.45, 2.75) is 19.0 Å². The van der Waals surface area contributed by atoms with Gasteiger partial charge in [-0.2, -0.15) is 18.4 Å². The number of ether oxygens (including phenoxy) is 3. The average Bonchev–Trinajstić information content (AvgIpc) is 2.64. The van der Waals surface area contributed by atoms with Crippen molar-refractivity contribution in [3.8, 4) is 23.3 Å². The molecule has 136 valence electrons. The molecule has 0 N–H and O–H groups in total. The van der Waals surface area contributed by atoms with Gasteiger partial charge in [0.25, 0.3) is 0 Å². The number of benzene rings is 2. The Morgan fingerprint density at radius 2 is 1.81 bits per heavy atom. The number of nitrogens with zero attached hydrogens (tertiary/aromatic N) is 1. The maximum absolute atomic E-state index is 13.1. The molecule has 0 aliphatic carbocycles. The summed E-state index contributed by atoms with van der Waals surface area (Å²) in [5, 5.41) is 8.77. The monoisotopic (exact) mass is 363 g/mol. The zero-order chi connectivity index (χ0) is 18.6. The van der Waals surface area contributed by atoms with Crippen LogP contribution in [0.2, 0.25) is 0 Å². The predicted octanol–water partition coefficient (Wildman–Crippen LogP) is 4.36. The molecule has 0 bridgehead atoms. The molecule has 0 aromatic heterocycles. The van der Waals surface area contributed by atoms with E-state index in [-0.39, 0.29) is 17.9 Å². The molecule has 3 rings (SSSR count). The molecule has 0 saturated heterocycles. The molecular weight excluding hydrogens is 347 g/mol. The fourth-order valence-corrected chi connectivity index (χ4v) is 2.65. The summed E-state index contributed by atoms with van der Waals surface area (Å²) in [6.07, 6.45) is -3.40. The Morgan fingerprint density at radius 3 is 2.54 bits per heavy atom. The van der Waals surface area contributed by atoms with Crippen LogP contribution in [0.3, 0.4) is 0 Å². The van der Waals surface area contributed by atoms with E-state index in [4.69, 9.17) is 19.5 Å². The lowest BCUT2D eigenvalue weighted by Gasteiger charge is -2.19. The third kappa shape index (κ3) is 4.20. The number of aryl methyl sites for hydroxylation is 1. The normalized spacial score (nSPS) is 13.2. The molecule has 2 aromatic rings. The van der Waals surface area contributed by atoms with Crippen LogP contribution in [-0.4, -0.2) is 19.8 Å². The van der Waals surface area contributed by atoms with Gasteiger partial charge in [0.15, 0.2) is 11.5 Å². The molecule has 1 aliphatic rings. The van der Waals surface area contributed by atoms with E-state index in [0.717, 1.165) is 11.6 Å². The lowest BCUT2D eigenvalue weighted by atomic mass is 10.1. The van der Waals surface area contributed by atoms with E-state index < -0.39 is 11.7 Å². The molecule has 0 spiro atoms. The van der Waals surface area contributed by atoms with Gasteiger partial charge in [0, 0.05) is 0 Å². The first-order valence-corrected chi connectivity index (χ1v) is 8.10. The summed E-state index contributed by atoms with van der Waals surface area (Å²) in [5.41, 5.74) is 0.00514. The van der Waals surface area contributed by atoms with Crippen molar-refractivity contribution in [3.63, 3.8) is 0 Å². The van der Waals surface area contributed by atoms with Crippen molar-refractivity contribution in [1.29, 1.82) is 5.26 Å². The van der Waals surface area contributed by atoms with E-state index in [9.17, 15) is 13.2 Å². The van der Waals surface area contributed by atoms with Gasteiger partial charge in [0.05, 0.1) is 23.8 Å². The SMILES string of the molecule is N#Cc1ccc(OCCCc2ccc3c(c2)OCCO3)c(C(F)(F)F)c1. The highest BCUT2D eigenvalue weighted by Crippen LogP contribution is 2.37. The smallest absolute Gasteiger partial charge is 0.420 e. The summed E-state index contributed by atoms with van der Waals surface area (Å²) in [7, 11) is 0. The van der Waals surface area contributed by atoms with Crippen LogP contribution in [0.15, 0.2) is 36.4 Å². The van der Waals surface area contributed by atoms with E-state index >= 15 is 0 Å². The number of rotatable bonds is 5. The van der Waals surface area contributed by atoms with Crippen molar-refractivity contribution in [3.05, 3.63) is 53.1 Å². The van der Waals surface area contributed by atoms with Crippen molar-refractivity contribution in [2.75, 3.05) is 19.8 Å². The molecule has 2 aromatic carbocycles. The summed E-state index contributed by atoms with van der Waals surface area (Å²) < 4.78 is 55.5. The molecule has 0 atom stereocenters. The molecule has 1 aliphatic heterocycles. The van der Waals surface area contributed by atoms with E-state index in [0.29, 0.717) is 37.6 Å². The van der Waals surface area contributed by atoms with Crippen LogP contribution in [0.4, 0.5) is 13.2 Å². The van der Waals surface area contributed by atoms with Gasteiger partial charge in [-0.3, -0.25) is 0 Å². The van der Waals surface area contributed by atoms with Gasteiger partial charge in [-0.15, -0.1) is 0 Å². The molecule has 0 fully saturated rings. The zero-order valence-electron chi connectivity index (χ0n) is 13.8. The van der Waals surface area contributed by atoms with Crippen LogP contribution < -0.4 is 14.2 Å². The molecule has 0 unspecified atom stereocenters. The second-order valence-electron chi connectivity index (χ2n) is 5.75. The van der Waals surface area contributed by atoms with E-state index in [1.54, 1.807) is 6.07 Å². The van der Waals surface area contributed by atoms with Gasteiger partial charge >= 0.3 is 6.18 Å². The van der Waals surface area contributed by atoms with Gasteiger partial charge in [-0.05, 0) is 48.7 Å². The van der Waals surface area contributed by atoms with E-state index in [1.165, 1.54) is 12.1 Å². The fraction of sp³-hybridized carbons (Fsp3) is 0.316. The number of alkyl halides is 3. The minimum atomic E-state index is -4.57. The van der Waals surface area contributed by atoms with Gasteiger partial charge in [0.2, 0.25) is 0 Å². The standard InChI is InChI=1S/C19H16F3NO3/c20-19(21,22)15-10-14(12-23)4-5-16(15)24-7-1-2-13-3-6-17-18(11-13)26-9-8-25-17/h3-6,10-11H,1-2,7-9H2. The Hall–Kier alpha value is -2.88. The predicted molar refractivity (Wildman–Crippen MR) is 87.4 cm³/mol. The molecule has 4 nitrogen and oxygen atoms in total. The number of fused-ring (bicyclic) bond motifs is 1. The van der Waals surface area contributed by atoms with Gasteiger partial charge in [-0.1, -0.05) is 6.07 Å². The largest absolute Gasteiger partial charge is 0.493 e. The van der Waals surface area contributed by atoms with Crippen LogP contribution in [0, 0.1) is 11.3 Å². The topological polar surface area (TPSA) is 51.5 Å². The van der Waals surface area contributed by atoms with Gasteiger partial charge in [0.1, 0.15) is 19.0 Å². The quantitative estimate of drug-likeness (QED) is 0.741. The van der Waals surface area contributed by atoms with E-state index in [2.05, 4.69) is 0 Å². The molecule has 0 radical (unpaired) electrons. The number of hydrogen-bond donors (Lipinski definition) is 0.